The highest BCUT2D eigenvalue weighted by Crippen LogP contribution is 2.42. The van der Waals surface area contributed by atoms with Gasteiger partial charge < -0.3 is 4.74 Å². The third-order valence-electron chi connectivity index (χ3n) is 5.07. The van der Waals surface area contributed by atoms with Crippen molar-refractivity contribution in [1.29, 1.82) is 0 Å². The lowest BCUT2D eigenvalue weighted by atomic mass is 9.87. The normalized spacial score (nSPS) is 11.8. The van der Waals surface area contributed by atoms with Gasteiger partial charge in [0.05, 0.1) is 10.5 Å². The molecule has 1 aromatic heterocycles. The van der Waals surface area contributed by atoms with Gasteiger partial charge in [0.25, 0.3) is 0 Å². The number of H-pyrrole nitrogens is 1. The van der Waals surface area contributed by atoms with Crippen LogP contribution in [-0.2, 0) is 4.79 Å². The van der Waals surface area contributed by atoms with Crippen molar-refractivity contribution >= 4 is 39.7 Å². The van der Waals surface area contributed by atoms with Gasteiger partial charge in [-0.1, -0.05) is 66.7 Å². The van der Waals surface area contributed by atoms with Gasteiger partial charge in [0.15, 0.2) is 0 Å². The second-order valence-corrected chi connectivity index (χ2v) is 7.37. The number of hydrogen-bond donors (Lipinski definition) is 1. The zero-order valence-corrected chi connectivity index (χ0v) is 18.0. The largest absolute Gasteiger partial charge is 0.423 e. The topological polar surface area (TPSA) is 67.9 Å². The number of carbonyl (C=O) groups is 1. The molecule has 1 heterocycles. The SMILES string of the molecule is C=CC(=O)Oc1ccccc1/C(=C(\CC)c1ccc(F)cc1Cl)c1cccc2[nH]nnc12. The Balaban J connectivity index is 2.09. The van der Waals surface area contributed by atoms with Crippen LogP contribution in [0.3, 0.4) is 0 Å². The molecule has 0 saturated carbocycles. The summed E-state index contributed by atoms with van der Waals surface area (Å²) in [5.41, 5.74) is 5.11. The molecule has 1 N–H and O–H groups in total. The van der Waals surface area contributed by atoms with Crippen molar-refractivity contribution in [3.8, 4) is 5.75 Å². The summed E-state index contributed by atoms with van der Waals surface area (Å²) in [5.74, 6) is -0.638. The second-order valence-electron chi connectivity index (χ2n) is 6.97. The number of fused-ring (bicyclic) bond motifs is 1. The highest BCUT2D eigenvalue weighted by Gasteiger charge is 2.22. The van der Waals surface area contributed by atoms with Gasteiger partial charge >= 0.3 is 5.97 Å². The van der Waals surface area contributed by atoms with E-state index in [1.807, 2.05) is 37.3 Å². The van der Waals surface area contributed by atoms with Gasteiger partial charge in [-0.05, 0) is 47.4 Å². The third kappa shape index (κ3) is 4.05. The number of aromatic nitrogens is 3. The zero-order chi connectivity index (χ0) is 22.7. The monoisotopic (exact) mass is 447 g/mol. The molecule has 0 aliphatic heterocycles. The molecule has 0 amide bonds. The number of esters is 1. The van der Waals surface area contributed by atoms with Crippen LogP contribution < -0.4 is 4.74 Å². The van der Waals surface area contributed by atoms with E-state index in [1.54, 1.807) is 18.2 Å². The minimum absolute atomic E-state index is 0.284. The Kier molecular flexibility index (Phi) is 6.14. The number of nitrogens with zero attached hydrogens (tertiary/aromatic N) is 2. The molecular weight excluding hydrogens is 429 g/mol. The van der Waals surface area contributed by atoms with Crippen LogP contribution in [0.1, 0.15) is 30.0 Å². The molecular formula is C25H19ClFN3O2. The standard InChI is InChI=1S/C25H19ClFN3O2/c1-3-16(17-13-12-15(27)14-20(17)26)24(19-9-7-10-21-25(19)29-30-28-21)18-8-5-6-11-22(18)32-23(31)4-2/h4-14H,2-3H2,1H3,(H,28,29,30)/b24-16-. The number of ether oxygens (including phenoxy) is 1. The molecule has 0 unspecified atom stereocenters. The quantitative estimate of drug-likeness (QED) is 0.165. The van der Waals surface area contributed by atoms with Crippen molar-refractivity contribution in [3.05, 3.63) is 101 Å². The number of nitrogens with one attached hydrogen (secondary N) is 1. The molecule has 4 aromatic rings. The van der Waals surface area contributed by atoms with Crippen LogP contribution in [0, 0.1) is 5.82 Å². The van der Waals surface area contributed by atoms with Crippen molar-refractivity contribution in [2.45, 2.75) is 13.3 Å². The van der Waals surface area contributed by atoms with Gasteiger partial charge in [-0.3, -0.25) is 5.10 Å². The van der Waals surface area contributed by atoms with E-state index in [0.717, 1.165) is 28.3 Å². The molecule has 4 rings (SSSR count). The number of benzene rings is 3. The molecule has 7 heteroatoms. The Morgan fingerprint density at radius 2 is 1.91 bits per heavy atom. The van der Waals surface area contributed by atoms with E-state index in [9.17, 15) is 9.18 Å². The third-order valence-corrected chi connectivity index (χ3v) is 5.38. The summed E-state index contributed by atoms with van der Waals surface area (Å²) in [6.45, 7) is 5.46. The zero-order valence-electron chi connectivity index (χ0n) is 17.2. The van der Waals surface area contributed by atoms with Crippen LogP contribution in [0.25, 0.3) is 22.2 Å². The summed E-state index contributed by atoms with van der Waals surface area (Å²) in [5, 5.41) is 11.4. The van der Waals surface area contributed by atoms with Gasteiger partial charge in [0.2, 0.25) is 0 Å². The van der Waals surface area contributed by atoms with Gasteiger partial charge in [-0.25, -0.2) is 9.18 Å². The number of aromatic amines is 1. The molecule has 0 aliphatic rings. The molecule has 5 nitrogen and oxygen atoms in total. The second kappa shape index (κ2) is 9.16. The maximum atomic E-state index is 13.8. The average Bonchev–Trinajstić information content (AvgIpc) is 3.28. The number of allylic oxidation sites excluding steroid dienone is 1. The van der Waals surface area contributed by atoms with Crippen LogP contribution in [0.2, 0.25) is 5.02 Å². The molecule has 0 saturated heterocycles. The van der Waals surface area contributed by atoms with E-state index in [1.165, 1.54) is 12.1 Å². The van der Waals surface area contributed by atoms with Crippen molar-refractivity contribution < 1.29 is 13.9 Å². The minimum Gasteiger partial charge on any atom is -0.423 e. The van der Waals surface area contributed by atoms with Crippen molar-refractivity contribution in [1.82, 2.24) is 15.4 Å². The summed E-state index contributed by atoms with van der Waals surface area (Å²) < 4.78 is 19.3. The average molecular weight is 448 g/mol. The smallest absolute Gasteiger partial charge is 0.335 e. The first-order chi connectivity index (χ1) is 15.5. The highest BCUT2D eigenvalue weighted by atomic mass is 35.5. The van der Waals surface area contributed by atoms with Crippen LogP contribution in [-0.4, -0.2) is 21.4 Å². The van der Waals surface area contributed by atoms with Crippen LogP contribution in [0.5, 0.6) is 5.75 Å². The molecule has 0 spiro atoms. The fourth-order valence-electron chi connectivity index (χ4n) is 3.69. The van der Waals surface area contributed by atoms with E-state index in [4.69, 9.17) is 16.3 Å². The van der Waals surface area contributed by atoms with E-state index < -0.39 is 11.8 Å². The van der Waals surface area contributed by atoms with Gasteiger partial charge in [-0.15, -0.1) is 5.10 Å². The molecule has 160 valence electrons. The first-order valence-electron chi connectivity index (χ1n) is 9.95. The Morgan fingerprint density at radius 3 is 2.66 bits per heavy atom. The maximum Gasteiger partial charge on any atom is 0.335 e. The lowest BCUT2D eigenvalue weighted by Crippen LogP contribution is -2.06. The number of rotatable bonds is 6. The summed E-state index contributed by atoms with van der Waals surface area (Å²) >= 11 is 6.46. The summed E-state index contributed by atoms with van der Waals surface area (Å²) in [6, 6.07) is 17.2. The van der Waals surface area contributed by atoms with E-state index in [2.05, 4.69) is 22.0 Å². The number of hydrogen-bond acceptors (Lipinski definition) is 4. The summed E-state index contributed by atoms with van der Waals surface area (Å²) in [6.07, 6.45) is 1.68. The Bertz CT molecular complexity index is 1360. The van der Waals surface area contributed by atoms with E-state index in [0.29, 0.717) is 28.8 Å². The van der Waals surface area contributed by atoms with Gasteiger partial charge in [0.1, 0.15) is 17.1 Å². The van der Waals surface area contributed by atoms with Crippen molar-refractivity contribution in [2.75, 3.05) is 0 Å². The Labute approximate surface area is 189 Å². The lowest BCUT2D eigenvalue weighted by Gasteiger charge is -2.19. The molecule has 0 aliphatic carbocycles. The van der Waals surface area contributed by atoms with Crippen molar-refractivity contribution in [2.24, 2.45) is 0 Å². The van der Waals surface area contributed by atoms with Crippen molar-refractivity contribution in [3.63, 3.8) is 0 Å². The van der Waals surface area contributed by atoms with Gasteiger partial charge in [-0.2, -0.15) is 0 Å². The minimum atomic E-state index is -0.575. The predicted octanol–water partition coefficient (Wildman–Crippen LogP) is 6.21. The number of halogens is 2. The molecule has 0 fully saturated rings. The van der Waals surface area contributed by atoms with E-state index >= 15 is 0 Å². The van der Waals surface area contributed by atoms with Gasteiger partial charge in [0, 0.05) is 17.2 Å². The van der Waals surface area contributed by atoms with E-state index in [-0.39, 0.29) is 5.02 Å². The molecule has 0 atom stereocenters. The Hall–Kier alpha value is -3.77. The lowest BCUT2D eigenvalue weighted by molar-refractivity contribution is -0.128. The number of carbonyl (C=O) groups excluding carboxylic acids is 1. The Morgan fingerprint density at radius 1 is 1.12 bits per heavy atom. The molecule has 0 radical (unpaired) electrons. The van der Waals surface area contributed by atoms with Crippen LogP contribution in [0.15, 0.2) is 73.3 Å². The van der Waals surface area contributed by atoms with Crippen LogP contribution in [0.4, 0.5) is 4.39 Å². The maximum absolute atomic E-state index is 13.8. The highest BCUT2D eigenvalue weighted by molar-refractivity contribution is 6.32. The number of para-hydroxylation sites is 1. The first kappa shape index (κ1) is 21.5. The molecule has 3 aromatic carbocycles. The predicted molar refractivity (Wildman–Crippen MR) is 124 cm³/mol. The molecule has 0 bridgehead atoms. The fourth-order valence-corrected chi connectivity index (χ4v) is 3.97. The van der Waals surface area contributed by atoms with Crippen LogP contribution >= 0.6 is 11.6 Å². The summed E-state index contributed by atoms with van der Waals surface area (Å²) in [4.78, 5) is 12.0. The first-order valence-corrected chi connectivity index (χ1v) is 10.3. The molecule has 32 heavy (non-hydrogen) atoms. The summed E-state index contributed by atoms with van der Waals surface area (Å²) in [7, 11) is 0. The fraction of sp³-hybridized carbons (Fsp3) is 0.0800.